The number of halogens is 5. The highest BCUT2D eigenvalue weighted by atomic mass is 19.2. The van der Waals surface area contributed by atoms with Crippen molar-refractivity contribution in [3.63, 3.8) is 0 Å². The van der Waals surface area contributed by atoms with Crippen molar-refractivity contribution in [1.82, 2.24) is 0 Å². The molecular weight excluding hydrogens is 419 g/mol. The van der Waals surface area contributed by atoms with Crippen molar-refractivity contribution in [2.45, 2.75) is 64.2 Å². The van der Waals surface area contributed by atoms with E-state index < -0.39 is 29.1 Å². The molecule has 0 unspecified atom stereocenters. The zero-order valence-electron chi connectivity index (χ0n) is 18.2. The van der Waals surface area contributed by atoms with E-state index in [0.29, 0.717) is 12.0 Å². The Bertz CT molecular complexity index is 1090. The predicted molar refractivity (Wildman–Crippen MR) is 117 cm³/mol. The molecule has 0 spiro atoms. The minimum atomic E-state index is -1.51. The maximum atomic E-state index is 14.8. The molecule has 1 aliphatic rings. The molecule has 1 saturated carbocycles. The van der Waals surface area contributed by atoms with Gasteiger partial charge in [0.1, 0.15) is 11.6 Å². The number of benzene rings is 3. The molecular formula is C27H27F5. The van der Waals surface area contributed by atoms with Gasteiger partial charge in [0.15, 0.2) is 17.5 Å². The molecule has 0 amide bonds. The van der Waals surface area contributed by atoms with Gasteiger partial charge in [-0.2, -0.15) is 0 Å². The Balaban J connectivity index is 1.47. The Morgan fingerprint density at radius 3 is 2.09 bits per heavy atom. The van der Waals surface area contributed by atoms with Crippen LogP contribution in [0.2, 0.25) is 0 Å². The van der Waals surface area contributed by atoms with Crippen LogP contribution in [0, 0.1) is 35.0 Å². The first-order valence-corrected chi connectivity index (χ1v) is 11.4. The Labute approximate surface area is 185 Å². The van der Waals surface area contributed by atoms with Gasteiger partial charge in [-0.25, -0.2) is 22.0 Å². The van der Waals surface area contributed by atoms with E-state index >= 15 is 0 Å². The summed E-state index contributed by atoms with van der Waals surface area (Å²) >= 11 is 0. The van der Waals surface area contributed by atoms with Gasteiger partial charge in [0.25, 0.3) is 0 Å². The van der Waals surface area contributed by atoms with Gasteiger partial charge in [0.05, 0.1) is 0 Å². The normalized spacial score (nSPS) is 18.9. The Morgan fingerprint density at radius 1 is 0.750 bits per heavy atom. The van der Waals surface area contributed by atoms with Crippen LogP contribution < -0.4 is 0 Å². The lowest BCUT2D eigenvalue weighted by Crippen LogP contribution is -2.14. The molecule has 1 aliphatic carbocycles. The molecule has 0 atom stereocenters. The maximum absolute atomic E-state index is 14.8. The zero-order chi connectivity index (χ0) is 22.8. The first kappa shape index (κ1) is 22.8. The highest BCUT2D eigenvalue weighted by Crippen LogP contribution is 2.38. The fourth-order valence-electron chi connectivity index (χ4n) is 5.07. The first-order valence-electron chi connectivity index (χ1n) is 11.4. The van der Waals surface area contributed by atoms with Gasteiger partial charge in [-0.3, -0.25) is 0 Å². The minimum absolute atomic E-state index is 0.0185. The first-order chi connectivity index (χ1) is 15.4. The van der Waals surface area contributed by atoms with Gasteiger partial charge in [-0.05, 0) is 85.1 Å². The number of hydrogen-bond acceptors (Lipinski definition) is 0. The fourth-order valence-corrected chi connectivity index (χ4v) is 5.07. The zero-order valence-corrected chi connectivity index (χ0v) is 18.2. The van der Waals surface area contributed by atoms with Crippen LogP contribution in [0.5, 0.6) is 0 Å². The molecule has 32 heavy (non-hydrogen) atoms. The van der Waals surface area contributed by atoms with Gasteiger partial charge < -0.3 is 0 Å². The summed E-state index contributed by atoms with van der Waals surface area (Å²) < 4.78 is 70.4. The van der Waals surface area contributed by atoms with E-state index in [0.717, 1.165) is 43.2 Å². The molecule has 0 aromatic heterocycles. The summed E-state index contributed by atoms with van der Waals surface area (Å²) in [5, 5.41) is 0.192. The molecule has 3 aromatic carbocycles. The van der Waals surface area contributed by atoms with Crippen LogP contribution in [0.25, 0.3) is 10.8 Å². The van der Waals surface area contributed by atoms with Crippen LogP contribution in [0.15, 0.2) is 36.4 Å². The van der Waals surface area contributed by atoms with Crippen LogP contribution in [-0.4, -0.2) is 0 Å². The van der Waals surface area contributed by atoms with E-state index in [-0.39, 0.29) is 28.7 Å². The van der Waals surface area contributed by atoms with Crippen molar-refractivity contribution < 1.29 is 22.0 Å². The lowest BCUT2D eigenvalue weighted by atomic mass is 9.77. The molecule has 0 N–H and O–H groups in total. The summed E-state index contributed by atoms with van der Waals surface area (Å²) in [6.45, 7) is 2.18. The summed E-state index contributed by atoms with van der Waals surface area (Å²) in [6.07, 6.45) is 6.96. The standard InChI is InChI=1S/C27H27F5/c1-2-3-16-4-8-18(9-5-16)19-13-23(28)22(24(29)14-19)11-7-17-6-10-21-20(12-17)15-25(30)27(32)26(21)31/h6,10,12-16,18H,2-5,7-9,11H2,1H3. The molecule has 0 heterocycles. The van der Waals surface area contributed by atoms with Crippen molar-refractivity contribution in [3.8, 4) is 0 Å². The summed E-state index contributed by atoms with van der Waals surface area (Å²) in [4.78, 5) is 0. The van der Waals surface area contributed by atoms with E-state index in [1.807, 2.05) is 0 Å². The summed E-state index contributed by atoms with van der Waals surface area (Å²) in [6, 6.07) is 8.34. The monoisotopic (exact) mass is 446 g/mol. The highest BCUT2D eigenvalue weighted by Gasteiger charge is 2.24. The summed E-state index contributed by atoms with van der Waals surface area (Å²) in [5.74, 6) is -4.16. The van der Waals surface area contributed by atoms with Gasteiger partial charge in [-0.15, -0.1) is 0 Å². The quantitative estimate of drug-likeness (QED) is 0.263. The fraction of sp³-hybridized carbons (Fsp3) is 0.407. The predicted octanol–water partition coefficient (Wildman–Crippen LogP) is 8.39. The molecule has 4 rings (SSSR count). The van der Waals surface area contributed by atoms with Crippen molar-refractivity contribution in [3.05, 3.63) is 82.2 Å². The van der Waals surface area contributed by atoms with E-state index in [1.54, 1.807) is 6.07 Å². The molecule has 1 fully saturated rings. The van der Waals surface area contributed by atoms with Gasteiger partial charge in [-0.1, -0.05) is 38.0 Å². The SMILES string of the molecule is CCCC1CCC(c2cc(F)c(CCc3ccc4c(F)c(F)c(F)cc4c3)c(F)c2)CC1. The minimum Gasteiger partial charge on any atom is -0.207 e. The molecule has 0 saturated heterocycles. The van der Waals surface area contributed by atoms with Gasteiger partial charge in [0, 0.05) is 10.9 Å². The smallest absolute Gasteiger partial charge is 0.195 e. The van der Waals surface area contributed by atoms with Crippen molar-refractivity contribution in [1.29, 1.82) is 0 Å². The lowest BCUT2D eigenvalue weighted by Gasteiger charge is -2.29. The van der Waals surface area contributed by atoms with Crippen LogP contribution in [0.3, 0.4) is 0 Å². The lowest BCUT2D eigenvalue weighted by molar-refractivity contribution is 0.307. The Morgan fingerprint density at radius 2 is 1.44 bits per heavy atom. The molecule has 5 heteroatoms. The average molecular weight is 447 g/mol. The maximum Gasteiger partial charge on any atom is 0.195 e. The van der Waals surface area contributed by atoms with Crippen LogP contribution >= 0.6 is 0 Å². The highest BCUT2D eigenvalue weighted by molar-refractivity contribution is 5.84. The van der Waals surface area contributed by atoms with Crippen molar-refractivity contribution >= 4 is 10.8 Å². The van der Waals surface area contributed by atoms with E-state index in [1.165, 1.54) is 37.1 Å². The summed E-state index contributed by atoms with van der Waals surface area (Å²) in [7, 11) is 0. The molecule has 0 nitrogen and oxygen atoms in total. The Hall–Kier alpha value is -2.43. The number of hydrogen-bond donors (Lipinski definition) is 0. The second-order valence-electron chi connectivity index (χ2n) is 9.01. The second kappa shape index (κ2) is 9.60. The molecule has 0 radical (unpaired) electrons. The molecule has 170 valence electrons. The van der Waals surface area contributed by atoms with Crippen molar-refractivity contribution in [2.24, 2.45) is 5.92 Å². The topological polar surface area (TPSA) is 0 Å². The summed E-state index contributed by atoms with van der Waals surface area (Å²) in [5.41, 5.74) is 1.42. The van der Waals surface area contributed by atoms with E-state index in [9.17, 15) is 22.0 Å². The van der Waals surface area contributed by atoms with E-state index in [2.05, 4.69) is 6.92 Å². The molecule has 0 aliphatic heterocycles. The largest absolute Gasteiger partial charge is 0.207 e. The second-order valence-corrected chi connectivity index (χ2v) is 9.01. The number of aryl methyl sites for hydroxylation is 1. The van der Waals surface area contributed by atoms with Gasteiger partial charge in [0.2, 0.25) is 0 Å². The number of fused-ring (bicyclic) bond motifs is 1. The molecule has 3 aromatic rings. The molecule has 0 bridgehead atoms. The average Bonchev–Trinajstić information content (AvgIpc) is 2.77. The van der Waals surface area contributed by atoms with Crippen LogP contribution in [0.4, 0.5) is 22.0 Å². The third-order valence-corrected chi connectivity index (χ3v) is 6.88. The van der Waals surface area contributed by atoms with E-state index in [4.69, 9.17) is 0 Å². The number of rotatable bonds is 6. The van der Waals surface area contributed by atoms with Crippen LogP contribution in [0.1, 0.15) is 68.1 Å². The van der Waals surface area contributed by atoms with Crippen molar-refractivity contribution in [2.75, 3.05) is 0 Å². The van der Waals surface area contributed by atoms with Crippen LogP contribution in [-0.2, 0) is 12.8 Å². The Kier molecular flexibility index (Phi) is 6.82. The van der Waals surface area contributed by atoms with Gasteiger partial charge >= 0.3 is 0 Å². The third-order valence-electron chi connectivity index (χ3n) is 6.88. The third kappa shape index (κ3) is 4.67.